The van der Waals surface area contributed by atoms with Gasteiger partial charge in [-0.05, 0) is 69.8 Å². The second-order valence-electron chi connectivity index (χ2n) is 7.19. The van der Waals surface area contributed by atoms with E-state index in [1.165, 1.54) is 38.8 Å². The summed E-state index contributed by atoms with van der Waals surface area (Å²) >= 11 is 6.21. The number of hydrogen-bond donors (Lipinski definition) is 0. The van der Waals surface area contributed by atoms with Crippen LogP contribution in [0.5, 0.6) is 5.75 Å². The molecular weight excluding hydrogens is 371 g/mol. The summed E-state index contributed by atoms with van der Waals surface area (Å²) in [6.45, 7) is 4.40. The molecule has 0 bridgehead atoms. The highest BCUT2D eigenvalue weighted by Gasteiger charge is 2.28. The first-order valence-corrected chi connectivity index (χ1v) is 9.93. The molecule has 146 valence electrons. The van der Waals surface area contributed by atoms with Crippen molar-refractivity contribution in [3.8, 4) is 5.75 Å². The minimum absolute atomic E-state index is 0. The molecule has 0 aliphatic carbocycles. The number of amides is 1. The van der Waals surface area contributed by atoms with E-state index in [4.69, 9.17) is 16.3 Å². The topological polar surface area (TPSA) is 32.8 Å². The van der Waals surface area contributed by atoms with Crippen LogP contribution in [-0.2, 0) is 0 Å². The van der Waals surface area contributed by atoms with Gasteiger partial charge in [0.05, 0.1) is 12.1 Å². The van der Waals surface area contributed by atoms with Gasteiger partial charge in [0.15, 0.2) is 0 Å². The molecule has 2 heterocycles. The zero-order chi connectivity index (χ0) is 17.6. The van der Waals surface area contributed by atoms with Gasteiger partial charge in [0.1, 0.15) is 5.75 Å². The summed E-state index contributed by atoms with van der Waals surface area (Å²) in [6, 6.07) is 5.69. The number of methoxy groups -OCH3 is 1. The van der Waals surface area contributed by atoms with Gasteiger partial charge in [-0.1, -0.05) is 18.0 Å². The Morgan fingerprint density at radius 3 is 2.58 bits per heavy atom. The Hall–Kier alpha value is -0.970. The van der Waals surface area contributed by atoms with E-state index < -0.39 is 0 Å². The number of rotatable bonds is 5. The summed E-state index contributed by atoms with van der Waals surface area (Å²) in [7, 11) is 1.59. The third kappa shape index (κ3) is 5.28. The van der Waals surface area contributed by atoms with Crippen LogP contribution in [0, 0.1) is 0 Å². The van der Waals surface area contributed by atoms with Crippen molar-refractivity contribution in [2.45, 2.75) is 51.0 Å². The van der Waals surface area contributed by atoms with Crippen molar-refractivity contribution in [2.75, 3.05) is 33.3 Å². The van der Waals surface area contributed by atoms with Gasteiger partial charge in [0, 0.05) is 24.7 Å². The Bertz CT molecular complexity index is 591. The number of carbonyl (C=O) groups is 1. The molecule has 1 atom stereocenters. The van der Waals surface area contributed by atoms with Crippen molar-refractivity contribution in [2.24, 2.45) is 0 Å². The second-order valence-corrected chi connectivity index (χ2v) is 7.60. The molecule has 26 heavy (non-hydrogen) atoms. The van der Waals surface area contributed by atoms with Crippen molar-refractivity contribution in [3.05, 3.63) is 28.8 Å². The number of carbonyl (C=O) groups excluding carboxylic acids is 1. The lowest BCUT2D eigenvalue weighted by molar-refractivity contribution is 0.0579. The third-order valence-electron chi connectivity index (χ3n) is 5.51. The molecule has 1 unspecified atom stereocenters. The Labute approximate surface area is 168 Å². The standard InChI is InChI=1S/C20H29ClN2O2.ClH/c1-25-19-9-8-16(15-18(19)21)20(24)23-13-6-3-7-17(23)10-14-22-11-4-2-5-12-22;/h8-9,15,17H,2-7,10-14H2,1H3;1H. The molecule has 1 aromatic rings. The first-order valence-electron chi connectivity index (χ1n) is 9.56. The van der Waals surface area contributed by atoms with Gasteiger partial charge in [-0.25, -0.2) is 0 Å². The summed E-state index contributed by atoms with van der Waals surface area (Å²) in [5, 5.41) is 0.496. The SMILES string of the molecule is COc1ccc(C(=O)N2CCCCC2CCN2CCCCC2)cc1Cl.Cl. The van der Waals surface area contributed by atoms with E-state index >= 15 is 0 Å². The van der Waals surface area contributed by atoms with Gasteiger partial charge < -0.3 is 14.5 Å². The lowest BCUT2D eigenvalue weighted by atomic mass is 9.97. The van der Waals surface area contributed by atoms with Crippen LogP contribution in [0.25, 0.3) is 0 Å². The molecule has 4 nitrogen and oxygen atoms in total. The lowest BCUT2D eigenvalue weighted by Gasteiger charge is -2.37. The zero-order valence-corrected chi connectivity index (χ0v) is 17.2. The van der Waals surface area contributed by atoms with E-state index in [0.717, 1.165) is 32.4 Å². The van der Waals surface area contributed by atoms with Crippen LogP contribution in [0.1, 0.15) is 55.3 Å². The molecule has 0 saturated carbocycles. The highest BCUT2D eigenvalue weighted by molar-refractivity contribution is 6.32. The number of piperidine rings is 2. The van der Waals surface area contributed by atoms with Crippen LogP contribution < -0.4 is 4.74 Å². The number of halogens is 2. The third-order valence-corrected chi connectivity index (χ3v) is 5.81. The number of nitrogens with zero attached hydrogens (tertiary/aromatic N) is 2. The average Bonchev–Trinajstić information content (AvgIpc) is 2.67. The molecule has 2 aliphatic rings. The number of hydrogen-bond acceptors (Lipinski definition) is 3. The van der Waals surface area contributed by atoms with Crippen LogP contribution in [0.4, 0.5) is 0 Å². The molecular formula is C20H30Cl2N2O2. The smallest absolute Gasteiger partial charge is 0.254 e. The monoisotopic (exact) mass is 400 g/mol. The predicted octanol–water partition coefficient (Wildman–Crippen LogP) is 4.64. The molecule has 2 saturated heterocycles. The fraction of sp³-hybridized carbons (Fsp3) is 0.650. The van der Waals surface area contributed by atoms with Crippen LogP contribution in [0.15, 0.2) is 18.2 Å². The normalized spacial score (nSPS) is 21.2. The van der Waals surface area contributed by atoms with Crippen molar-refractivity contribution in [1.82, 2.24) is 9.80 Å². The number of benzene rings is 1. The van der Waals surface area contributed by atoms with Gasteiger partial charge in [-0.2, -0.15) is 0 Å². The van der Waals surface area contributed by atoms with E-state index in [-0.39, 0.29) is 18.3 Å². The summed E-state index contributed by atoms with van der Waals surface area (Å²) in [5.41, 5.74) is 0.663. The van der Waals surface area contributed by atoms with Crippen LogP contribution in [-0.4, -0.2) is 55.0 Å². The zero-order valence-electron chi connectivity index (χ0n) is 15.6. The minimum Gasteiger partial charge on any atom is -0.495 e. The van der Waals surface area contributed by atoms with Crippen LogP contribution in [0.3, 0.4) is 0 Å². The van der Waals surface area contributed by atoms with E-state index in [1.807, 2.05) is 6.07 Å². The van der Waals surface area contributed by atoms with E-state index in [9.17, 15) is 4.79 Å². The highest BCUT2D eigenvalue weighted by atomic mass is 35.5. The second kappa shape index (κ2) is 10.4. The molecule has 0 radical (unpaired) electrons. The van der Waals surface area contributed by atoms with Crippen LogP contribution >= 0.6 is 24.0 Å². The average molecular weight is 401 g/mol. The maximum atomic E-state index is 13.0. The molecule has 1 amide bonds. The van der Waals surface area contributed by atoms with Crippen LogP contribution in [0.2, 0.25) is 5.02 Å². The predicted molar refractivity (Wildman–Crippen MR) is 109 cm³/mol. The van der Waals surface area contributed by atoms with Crippen molar-refractivity contribution < 1.29 is 9.53 Å². The highest BCUT2D eigenvalue weighted by Crippen LogP contribution is 2.28. The van der Waals surface area contributed by atoms with Gasteiger partial charge in [0.2, 0.25) is 0 Å². The lowest BCUT2D eigenvalue weighted by Crippen LogP contribution is -2.45. The molecule has 3 rings (SSSR count). The summed E-state index contributed by atoms with van der Waals surface area (Å²) in [4.78, 5) is 17.7. The maximum absolute atomic E-state index is 13.0. The summed E-state index contributed by atoms with van der Waals surface area (Å²) < 4.78 is 5.19. The van der Waals surface area contributed by atoms with Gasteiger partial charge in [-0.3, -0.25) is 4.79 Å². The molecule has 2 aliphatic heterocycles. The minimum atomic E-state index is 0. The number of likely N-dealkylation sites (tertiary alicyclic amines) is 2. The molecule has 0 aromatic heterocycles. The number of ether oxygens (including phenoxy) is 1. The van der Waals surface area contributed by atoms with E-state index in [2.05, 4.69) is 9.80 Å². The van der Waals surface area contributed by atoms with Gasteiger partial charge in [0.25, 0.3) is 5.91 Å². The van der Waals surface area contributed by atoms with E-state index in [0.29, 0.717) is 22.4 Å². The Balaban J connectivity index is 0.00000243. The molecule has 1 aromatic carbocycles. The fourth-order valence-electron chi connectivity index (χ4n) is 4.05. The quantitative estimate of drug-likeness (QED) is 0.721. The van der Waals surface area contributed by atoms with E-state index in [1.54, 1.807) is 19.2 Å². The molecule has 0 N–H and O–H groups in total. The first-order chi connectivity index (χ1) is 12.2. The largest absolute Gasteiger partial charge is 0.495 e. The molecule has 0 spiro atoms. The fourth-order valence-corrected chi connectivity index (χ4v) is 4.31. The van der Waals surface area contributed by atoms with Gasteiger partial charge >= 0.3 is 0 Å². The molecule has 6 heteroatoms. The van der Waals surface area contributed by atoms with Crippen molar-refractivity contribution in [1.29, 1.82) is 0 Å². The summed E-state index contributed by atoms with van der Waals surface area (Å²) in [6.07, 6.45) is 8.50. The first kappa shape index (κ1) is 21.3. The van der Waals surface area contributed by atoms with Gasteiger partial charge in [-0.15, -0.1) is 12.4 Å². The molecule has 2 fully saturated rings. The van der Waals surface area contributed by atoms with Crippen molar-refractivity contribution >= 4 is 29.9 Å². The Morgan fingerprint density at radius 1 is 1.15 bits per heavy atom. The Kier molecular flexibility index (Phi) is 8.52. The summed E-state index contributed by atoms with van der Waals surface area (Å²) in [5.74, 6) is 0.714. The van der Waals surface area contributed by atoms with Crippen molar-refractivity contribution in [3.63, 3.8) is 0 Å². The Morgan fingerprint density at radius 2 is 1.88 bits per heavy atom. The maximum Gasteiger partial charge on any atom is 0.254 e.